The number of hydrogen-bond donors (Lipinski definition) is 0. The van der Waals surface area contributed by atoms with Gasteiger partial charge in [-0.1, -0.05) is 62.4 Å². The van der Waals surface area contributed by atoms with E-state index < -0.39 is 4.92 Å². The molecule has 0 heterocycles. The van der Waals surface area contributed by atoms with Crippen LogP contribution in [-0.2, 0) is 0 Å². The van der Waals surface area contributed by atoms with Gasteiger partial charge in [0.25, 0.3) is 0 Å². The van der Waals surface area contributed by atoms with E-state index in [2.05, 4.69) is 15.9 Å². The average molecular weight is 458 g/mol. The van der Waals surface area contributed by atoms with Crippen LogP contribution < -0.4 is 9.47 Å². The fourth-order valence-corrected chi connectivity index (χ4v) is 2.77. The van der Waals surface area contributed by atoms with E-state index >= 15 is 0 Å². The number of halogens is 1. The van der Waals surface area contributed by atoms with Crippen LogP contribution in [0.3, 0.4) is 0 Å². The van der Waals surface area contributed by atoms with Crippen LogP contribution in [0.2, 0.25) is 0 Å². The lowest BCUT2D eigenvalue weighted by atomic mass is 10.1. The minimum absolute atomic E-state index is 0.0101. The van der Waals surface area contributed by atoms with Gasteiger partial charge in [0.15, 0.2) is 12.4 Å². The molecule has 0 aromatic heterocycles. The highest BCUT2D eigenvalue weighted by atomic mass is 79.9. The predicted octanol–water partition coefficient (Wildman–Crippen LogP) is 6.44. The molecule has 0 unspecified atom stereocenters. The maximum atomic E-state index is 12.2. The first-order valence-electron chi connectivity index (χ1n) is 8.97. The Kier molecular flexibility index (Phi) is 8.36. The van der Waals surface area contributed by atoms with E-state index in [1.54, 1.807) is 60.7 Å². The third-order valence-electron chi connectivity index (χ3n) is 3.65. The summed E-state index contributed by atoms with van der Waals surface area (Å²) >= 11 is 3.27. The fourth-order valence-electron chi connectivity index (χ4n) is 2.37. The van der Waals surface area contributed by atoms with Crippen molar-refractivity contribution in [3.8, 4) is 17.2 Å². The number of carbonyl (C=O) groups is 1. The monoisotopic (exact) mass is 457 g/mol. The van der Waals surface area contributed by atoms with E-state index in [1.165, 1.54) is 6.07 Å². The van der Waals surface area contributed by atoms with Gasteiger partial charge in [-0.15, -0.1) is 0 Å². The van der Waals surface area contributed by atoms with Crippen molar-refractivity contribution in [1.82, 2.24) is 0 Å². The van der Waals surface area contributed by atoms with Gasteiger partial charge in [-0.25, -0.2) is 0 Å². The number of nitrogens with zero attached hydrogens (tertiary/aromatic N) is 1. The number of nitro groups is 1. The third kappa shape index (κ3) is 5.89. The van der Waals surface area contributed by atoms with Gasteiger partial charge >= 0.3 is 5.69 Å². The second kappa shape index (κ2) is 11.0. The Morgan fingerprint density at radius 1 is 0.966 bits per heavy atom. The Balaban J connectivity index is 0.00000145. The van der Waals surface area contributed by atoms with Crippen molar-refractivity contribution in [2.24, 2.45) is 0 Å². The number of ketones is 1. The second-order valence-electron chi connectivity index (χ2n) is 5.47. The lowest BCUT2D eigenvalue weighted by Gasteiger charge is -2.12. The van der Waals surface area contributed by atoms with Gasteiger partial charge < -0.3 is 9.47 Å². The second-order valence-corrected chi connectivity index (χ2v) is 6.33. The third-order valence-corrected chi connectivity index (χ3v) is 4.27. The molecule has 0 amide bonds. The summed E-state index contributed by atoms with van der Waals surface area (Å²) in [6.45, 7) is 3.68. The number of ether oxygens (including phenoxy) is 2. The molecule has 3 rings (SSSR count). The van der Waals surface area contributed by atoms with Crippen LogP contribution in [0, 0.1) is 10.1 Å². The SMILES string of the molecule is CC.O=C(COc1ccc(Br)c(Oc2ccccc2)c1[N+](=O)[O-])c1ccccc1. The molecule has 3 aromatic carbocycles. The molecule has 0 radical (unpaired) electrons. The van der Waals surface area contributed by atoms with Gasteiger partial charge in [0.1, 0.15) is 5.75 Å². The zero-order valence-corrected chi connectivity index (χ0v) is 17.6. The summed E-state index contributed by atoms with van der Waals surface area (Å²) in [6, 6.07) is 20.3. The zero-order chi connectivity index (χ0) is 21.2. The number of Topliss-reactive ketones (excluding diaryl/α,β-unsaturated/α-hetero) is 1. The number of nitro benzene ring substituents is 1. The molecule has 0 fully saturated rings. The quantitative estimate of drug-likeness (QED) is 0.231. The van der Waals surface area contributed by atoms with Crippen LogP contribution in [0.1, 0.15) is 24.2 Å². The minimum Gasteiger partial charge on any atom is -0.478 e. The highest BCUT2D eigenvalue weighted by Gasteiger charge is 2.26. The van der Waals surface area contributed by atoms with Crippen molar-refractivity contribution in [1.29, 1.82) is 0 Å². The summed E-state index contributed by atoms with van der Waals surface area (Å²) in [6.07, 6.45) is 0. The first-order valence-corrected chi connectivity index (χ1v) is 9.76. The maximum absolute atomic E-state index is 12.2. The number of hydrogen-bond acceptors (Lipinski definition) is 5. The summed E-state index contributed by atoms with van der Waals surface area (Å²) in [7, 11) is 0. The molecular formula is C22H20BrNO5. The molecule has 0 aliphatic rings. The lowest BCUT2D eigenvalue weighted by molar-refractivity contribution is -0.386. The van der Waals surface area contributed by atoms with Gasteiger partial charge in [0.05, 0.1) is 9.40 Å². The molecular weight excluding hydrogens is 438 g/mol. The van der Waals surface area contributed by atoms with E-state index in [9.17, 15) is 14.9 Å². The van der Waals surface area contributed by atoms with Gasteiger partial charge in [0, 0.05) is 5.56 Å². The van der Waals surface area contributed by atoms with Gasteiger partial charge in [0.2, 0.25) is 11.5 Å². The predicted molar refractivity (Wildman–Crippen MR) is 115 cm³/mol. The zero-order valence-electron chi connectivity index (χ0n) is 16.0. The van der Waals surface area contributed by atoms with E-state index in [0.717, 1.165) is 0 Å². The van der Waals surface area contributed by atoms with Crippen molar-refractivity contribution in [3.05, 3.63) is 92.9 Å². The highest BCUT2D eigenvalue weighted by molar-refractivity contribution is 9.10. The van der Waals surface area contributed by atoms with Crippen molar-refractivity contribution in [3.63, 3.8) is 0 Å². The normalized spacial score (nSPS) is 9.76. The molecule has 0 bridgehead atoms. The molecule has 3 aromatic rings. The molecule has 0 aliphatic heterocycles. The average Bonchev–Trinajstić information content (AvgIpc) is 2.76. The molecule has 0 spiro atoms. The summed E-state index contributed by atoms with van der Waals surface area (Å²) in [5.41, 5.74) is 0.118. The van der Waals surface area contributed by atoms with E-state index in [-0.39, 0.29) is 29.6 Å². The summed E-state index contributed by atoms with van der Waals surface area (Å²) in [5.74, 6) is 0.131. The lowest BCUT2D eigenvalue weighted by Crippen LogP contribution is -2.12. The van der Waals surface area contributed by atoms with Crippen molar-refractivity contribution in [2.75, 3.05) is 6.61 Å². The Hall–Kier alpha value is -3.19. The number of carbonyl (C=O) groups excluding carboxylic acids is 1. The number of benzene rings is 3. The molecule has 7 heteroatoms. The van der Waals surface area contributed by atoms with Crippen LogP contribution in [0.4, 0.5) is 5.69 Å². The molecule has 0 aliphatic carbocycles. The Labute approximate surface area is 177 Å². The summed E-state index contributed by atoms with van der Waals surface area (Å²) in [4.78, 5) is 23.3. The van der Waals surface area contributed by atoms with Crippen molar-refractivity contribution >= 4 is 27.4 Å². The summed E-state index contributed by atoms with van der Waals surface area (Å²) < 4.78 is 11.5. The van der Waals surface area contributed by atoms with Gasteiger partial charge in [-0.2, -0.15) is 0 Å². The minimum atomic E-state index is -0.592. The Bertz CT molecular complexity index is 962. The van der Waals surface area contributed by atoms with E-state index in [4.69, 9.17) is 9.47 Å². The molecule has 6 nitrogen and oxygen atoms in total. The molecule has 0 saturated heterocycles. The van der Waals surface area contributed by atoms with Crippen LogP contribution in [0.5, 0.6) is 17.2 Å². The fraction of sp³-hybridized carbons (Fsp3) is 0.136. The maximum Gasteiger partial charge on any atom is 0.354 e. The van der Waals surface area contributed by atoms with Crippen LogP contribution in [-0.4, -0.2) is 17.3 Å². The van der Waals surface area contributed by atoms with E-state index in [1.807, 2.05) is 19.9 Å². The summed E-state index contributed by atoms with van der Waals surface area (Å²) in [5, 5.41) is 11.6. The molecule has 0 N–H and O–H groups in total. The van der Waals surface area contributed by atoms with Crippen molar-refractivity contribution < 1.29 is 19.2 Å². The standard InChI is InChI=1S/C20H14BrNO5.C2H6/c21-16-11-12-18(26-13-17(23)14-7-3-1-4-8-14)19(22(24)25)20(16)27-15-9-5-2-6-10-15;1-2/h1-12H,13H2;1-2H3. The van der Waals surface area contributed by atoms with Crippen LogP contribution in [0.15, 0.2) is 77.3 Å². The molecule has 29 heavy (non-hydrogen) atoms. The topological polar surface area (TPSA) is 78.7 Å². The molecule has 0 atom stereocenters. The highest BCUT2D eigenvalue weighted by Crippen LogP contribution is 2.44. The first-order chi connectivity index (χ1) is 14.1. The van der Waals surface area contributed by atoms with Crippen LogP contribution in [0.25, 0.3) is 0 Å². The Morgan fingerprint density at radius 3 is 2.14 bits per heavy atom. The number of para-hydroxylation sites is 1. The smallest absolute Gasteiger partial charge is 0.354 e. The number of rotatable bonds is 7. The van der Waals surface area contributed by atoms with E-state index in [0.29, 0.717) is 15.8 Å². The van der Waals surface area contributed by atoms with Gasteiger partial charge in [-0.3, -0.25) is 14.9 Å². The van der Waals surface area contributed by atoms with Crippen LogP contribution >= 0.6 is 15.9 Å². The van der Waals surface area contributed by atoms with Gasteiger partial charge in [-0.05, 0) is 40.2 Å². The molecule has 150 valence electrons. The van der Waals surface area contributed by atoms with Crippen molar-refractivity contribution in [2.45, 2.75) is 13.8 Å². The molecule has 0 saturated carbocycles. The Morgan fingerprint density at radius 2 is 1.55 bits per heavy atom. The first kappa shape index (κ1) is 22.1. The largest absolute Gasteiger partial charge is 0.478 e.